The van der Waals surface area contributed by atoms with Gasteiger partial charge in [-0.3, -0.25) is 15.2 Å². The lowest BCUT2D eigenvalue weighted by Gasteiger charge is -2.25. The molecule has 2 heterocycles. The number of halogens is 2. The second-order valence-electron chi connectivity index (χ2n) is 7.81. The molecule has 1 atom stereocenters. The summed E-state index contributed by atoms with van der Waals surface area (Å²) in [5, 5.41) is 9.31. The number of carbonyl (C=O) groups is 1. The van der Waals surface area contributed by atoms with Crippen LogP contribution in [0.3, 0.4) is 0 Å². The average Bonchev–Trinajstić information content (AvgIpc) is 3.16. The molecule has 30 heavy (non-hydrogen) atoms. The number of para-hydroxylation sites is 1. The molecule has 7 heteroatoms. The predicted octanol–water partition coefficient (Wildman–Crippen LogP) is 5.55. The fraction of sp³-hybridized carbons (Fsp3) is 0.391. The van der Waals surface area contributed by atoms with Crippen LogP contribution in [-0.4, -0.2) is 29.7 Å². The lowest BCUT2D eigenvalue weighted by molar-refractivity contribution is -0.119. The first kappa shape index (κ1) is 21.6. The number of carbonyl (C=O) groups excluding carboxylic acids is 1. The second kappa shape index (κ2) is 10.1. The van der Waals surface area contributed by atoms with Gasteiger partial charge < -0.3 is 0 Å². The fourth-order valence-electron chi connectivity index (χ4n) is 4.02. The Labute approximate surface area is 196 Å². The number of hydrazine groups is 1. The molecule has 1 amide bonds. The lowest BCUT2D eigenvalue weighted by atomic mass is 10.0. The van der Waals surface area contributed by atoms with E-state index in [0.717, 1.165) is 37.2 Å². The fourth-order valence-corrected chi connectivity index (χ4v) is 4.60. The van der Waals surface area contributed by atoms with E-state index in [9.17, 15) is 4.79 Å². The molecule has 1 N–H and O–H groups in total. The minimum atomic E-state index is -0.111. The molecule has 1 unspecified atom stereocenters. The Morgan fingerprint density at radius 1 is 1.00 bits per heavy atom. The highest BCUT2D eigenvalue weighted by Gasteiger charge is 2.33. The Balaban J connectivity index is 1.57. The van der Waals surface area contributed by atoms with E-state index in [1.165, 1.54) is 22.8 Å². The Bertz CT molecular complexity index is 910. The number of anilines is 1. The van der Waals surface area contributed by atoms with E-state index in [2.05, 4.69) is 57.3 Å². The third-order valence-corrected chi connectivity index (χ3v) is 6.68. The molecular weight excluding hydrogens is 511 g/mol. The van der Waals surface area contributed by atoms with Crippen LogP contribution in [0, 0.1) is 3.57 Å². The van der Waals surface area contributed by atoms with Crippen molar-refractivity contribution in [2.24, 2.45) is 5.10 Å². The van der Waals surface area contributed by atoms with E-state index in [1.807, 2.05) is 29.3 Å². The van der Waals surface area contributed by atoms with E-state index < -0.39 is 0 Å². The molecule has 2 aliphatic heterocycles. The number of nitrogens with one attached hydrogen (secondary N) is 1. The maximum Gasteiger partial charge on any atom is 0.281 e. The predicted molar refractivity (Wildman–Crippen MR) is 131 cm³/mol. The highest BCUT2D eigenvalue weighted by molar-refractivity contribution is 14.1. The summed E-state index contributed by atoms with van der Waals surface area (Å²) in [5.41, 5.74) is 5.58. The van der Waals surface area contributed by atoms with Gasteiger partial charge in [-0.2, -0.15) is 5.10 Å². The van der Waals surface area contributed by atoms with Crippen LogP contribution < -0.4 is 10.4 Å². The summed E-state index contributed by atoms with van der Waals surface area (Å²) < 4.78 is 1.18. The van der Waals surface area contributed by atoms with Gasteiger partial charge in [0.1, 0.15) is 5.71 Å². The Morgan fingerprint density at radius 3 is 2.37 bits per heavy atom. The van der Waals surface area contributed by atoms with Crippen molar-refractivity contribution in [1.82, 2.24) is 10.4 Å². The number of nitrogens with zero attached hydrogens (tertiary/aromatic N) is 3. The van der Waals surface area contributed by atoms with Crippen LogP contribution in [0.4, 0.5) is 5.69 Å². The van der Waals surface area contributed by atoms with Gasteiger partial charge in [0.2, 0.25) is 0 Å². The van der Waals surface area contributed by atoms with E-state index in [0.29, 0.717) is 17.2 Å². The highest BCUT2D eigenvalue weighted by atomic mass is 127. The Hall–Kier alpha value is -1.64. The molecule has 1 fully saturated rings. The van der Waals surface area contributed by atoms with Gasteiger partial charge in [0, 0.05) is 23.1 Å². The van der Waals surface area contributed by atoms with E-state index in [1.54, 1.807) is 0 Å². The zero-order valence-corrected chi connectivity index (χ0v) is 19.8. The molecule has 4 rings (SSSR count). The first-order valence-electron chi connectivity index (χ1n) is 10.5. The van der Waals surface area contributed by atoms with E-state index in [4.69, 9.17) is 16.7 Å². The van der Waals surface area contributed by atoms with Gasteiger partial charge in [0.15, 0.2) is 0 Å². The smallest absolute Gasteiger partial charge is 0.281 e. The van der Waals surface area contributed by atoms with Crippen molar-refractivity contribution in [2.75, 3.05) is 18.1 Å². The number of benzene rings is 2. The molecule has 0 aliphatic carbocycles. The average molecular weight is 537 g/mol. The minimum absolute atomic E-state index is 0.0602. The Kier molecular flexibility index (Phi) is 7.28. The lowest BCUT2D eigenvalue weighted by Crippen LogP contribution is -2.46. The summed E-state index contributed by atoms with van der Waals surface area (Å²) in [4.78, 5) is 13.1. The zero-order valence-electron chi connectivity index (χ0n) is 16.9. The van der Waals surface area contributed by atoms with Crippen molar-refractivity contribution in [2.45, 2.75) is 44.6 Å². The Morgan fingerprint density at radius 2 is 1.67 bits per heavy atom. The summed E-state index contributed by atoms with van der Waals surface area (Å²) in [5.74, 6) is -0.111. The van der Waals surface area contributed by atoms with Gasteiger partial charge in [-0.15, -0.1) is 0 Å². The zero-order chi connectivity index (χ0) is 20.9. The summed E-state index contributed by atoms with van der Waals surface area (Å²) in [6.07, 6.45) is 6.52. The van der Waals surface area contributed by atoms with Gasteiger partial charge >= 0.3 is 0 Å². The number of hydrazone groups is 1. The van der Waals surface area contributed by atoms with Crippen molar-refractivity contribution in [3.63, 3.8) is 0 Å². The SMILES string of the molecule is O=C(NN1CCCCCCC1)C1=NN(c2ccccc2Cl)C(c2ccc(I)cc2)C1. The summed E-state index contributed by atoms with van der Waals surface area (Å²) in [7, 11) is 0. The van der Waals surface area contributed by atoms with Crippen molar-refractivity contribution < 1.29 is 4.79 Å². The monoisotopic (exact) mass is 536 g/mol. The van der Waals surface area contributed by atoms with Crippen LogP contribution in [0.25, 0.3) is 0 Å². The molecule has 0 radical (unpaired) electrons. The van der Waals surface area contributed by atoms with Crippen molar-refractivity contribution >= 4 is 51.5 Å². The second-order valence-corrected chi connectivity index (χ2v) is 9.46. The number of hydrogen-bond donors (Lipinski definition) is 1. The van der Waals surface area contributed by atoms with Gasteiger partial charge in [0.25, 0.3) is 5.91 Å². The van der Waals surface area contributed by atoms with E-state index in [-0.39, 0.29) is 11.9 Å². The molecule has 0 spiro atoms. The van der Waals surface area contributed by atoms with Crippen LogP contribution in [0.5, 0.6) is 0 Å². The molecule has 2 aromatic rings. The van der Waals surface area contributed by atoms with Crippen molar-refractivity contribution in [1.29, 1.82) is 0 Å². The third kappa shape index (κ3) is 5.15. The van der Waals surface area contributed by atoms with Crippen LogP contribution in [0.1, 0.15) is 50.1 Å². The first-order valence-corrected chi connectivity index (χ1v) is 12.0. The molecule has 158 valence electrons. The van der Waals surface area contributed by atoms with Gasteiger partial charge in [-0.1, -0.05) is 55.1 Å². The summed E-state index contributed by atoms with van der Waals surface area (Å²) in [6.45, 7) is 1.79. The number of hydrogen-bond acceptors (Lipinski definition) is 4. The van der Waals surface area contributed by atoms with E-state index >= 15 is 0 Å². The van der Waals surface area contributed by atoms with Crippen LogP contribution >= 0.6 is 34.2 Å². The number of rotatable bonds is 4. The first-order chi connectivity index (χ1) is 14.6. The van der Waals surface area contributed by atoms with Gasteiger partial charge in [-0.25, -0.2) is 5.01 Å². The molecule has 1 saturated heterocycles. The molecule has 5 nitrogen and oxygen atoms in total. The molecule has 0 aromatic heterocycles. The standard InChI is InChI=1S/C23H26ClIN4O/c24-19-8-4-5-9-21(19)29-22(17-10-12-18(25)13-11-17)16-20(26-29)23(30)27-28-14-6-2-1-3-7-15-28/h4-5,8-13,22H,1-3,6-7,14-16H2,(H,27,30). The molecular formula is C23H26ClIN4O. The minimum Gasteiger partial charge on any atom is -0.284 e. The maximum atomic E-state index is 13.1. The quantitative estimate of drug-likeness (QED) is 0.521. The molecule has 2 aliphatic rings. The molecule has 2 aromatic carbocycles. The molecule has 0 saturated carbocycles. The largest absolute Gasteiger partial charge is 0.284 e. The van der Waals surface area contributed by atoms with Crippen LogP contribution in [0.15, 0.2) is 53.6 Å². The van der Waals surface area contributed by atoms with Crippen LogP contribution in [0.2, 0.25) is 5.02 Å². The topological polar surface area (TPSA) is 47.9 Å². The highest BCUT2D eigenvalue weighted by Crippen LogP contribution is 2.38. The van der Waals surface area contributed by atoms with Crippen molar-refractivity contribution in [3.8, 4) is 0 Å². The van der Waals surface area contributed by atoms with Gasteiger partial charge in [-0.05, 0) is 65.3 Å². The maximum absolute atomic E-state index is 13.1. The summed E-state index contributed by atoms with van der Waals surface area (Å²) in [6, 6.07) is 16.0. The molecule has 0 bridgehead atoms. The third-order valence-electron chi connectivity index (χ3n) is 5.64. The normalized spacial score (nSPS) is 20.4. The van der Waals surface area contributed by atoms with Gasteiger partial charge in [0.05, 0.1) is 16.8 Å². The van der Waals surface area contributed by atoms with Crippen molar-refractivity contribution in [3.05, 3.63) is 62.7 Å². The van der Waals surface area contributed by atoms with Crippen LogP contribution in [-0.2, 0) is 4.79 Å². The summed E-state index contributed by atoms with van der Waals surface area (Å²) >= 11 is 8.78. The number of amides is 1.